The molecular weight excluding hydrogens is 406 g/mol. The molecule has 0 saturated heterocycles. The summed E-state index contributed by atoms with van der Waals surface area (Å²) < 4.78 is 7.19. The number of ether oxygens (including phenoxy) is 1. The van der Waals surface area contributed by atoms with Crippen molar-refractivity contribution in [2.45, 2.75) is 13.5 Å². The van der Waals surface area contributed by atoms with Crippen molar-refractivity contribution < 1.29 is 14.3 Å². The van der Waals surface area contributed by atoms with Gasteiger partial charge in [0.05, 0.1) is 18.7 Å². The zero-order valence-electron chi connectivity index (χ0n) is 16.8. The Labute approximate surface area is 176 Å². The van der Waals surface area contributed by atoms with E-state index in [0.717, 1.165) is 9.44 Å². The number of aldehydes is 1. The van der Waals surface area contributed by atoms with Gasteiger partial charge in [-0.05, 0) is 42.6 Å². The average Bonchev–Trinajstić information content (AvgIpc) is 3.27. The number of carbonyl (C=O) groups excluding carboxylic acids is 2. The molecule has 3 aromatic rings. The van der Waals surface area contributed by atoms with Crippen molar-refractivity contribution in [3.8, 4) is 0 Å². The lowest BCUT2D eigenvalue weighted by Crippen LogP contribution is -2.42. The van der Waals surface area contributed by atoms with Gasteiger partial charge in [-0.1, -0.05) is 6.07 Å². The van der Waals surface area contributed by atoms with E-state index in [-0.39, 0.29) is 18.0 Å². The number of esters is 1. The zero-order valence-corrected chi connectivity index (χ0v) is 17.6. The third-order valence-electron chi connectivity index (χ3n) is 4.63. The Morgan fingerprint density at radius 1 is 1.13 bits per heavy atom. The van der Waals surface area contributed by atoms with Crippen LogP contribution < -0.4 is 16.1 Å². The summed E-state index contributed by atoms with van der Waals surface area (Å²) in [4.78, 5) is 51.6. The Kier molecular flexibility index (Phi) is 6.31. The molecule has 0 aliphatic rings. The molecule has 0 spiro atoms. The molecule has 1 aromatic carbocycles. The lowest BCUT2D eigenvalue weighted by molar-refractivity contribution is 0.0526. The summed E-state index contributed by atoms with van der Waals surface area (Å²) >= 11 is 1.51. The summed E-state index contributed by atoms with van der Waals surface area (Å²) in [7, 11) is 2.84. The Morgan fingerprint density at radius 3 is 2.40 bits per heavy atom. The molecule has 0 bridgehead atoms. The van der Waals surface area contributed by atoms with Crippen LogP contribution in [0.5, 0.6) is 0 Å². The first-order valence-electron chi connectivity index (χ1n) is 9.21. The van der Waals surface area contributed by atoms with Crippen LogP contribution in [-0.2, 0) is 25.4 Å². The van der Waals surface area contributed by atoms with Crippen molar-refractivity contribution in [3.05, 3.63) is 78.6 Å². The molecule has 0 radical (unpaired) electrons. The molecule has 156 valence electrons. The highest BCUT2D eigenvalue weighted by Gasteiger charge is 2.23. The maximum atomic E-state index is 12.6. The number of nitrogens with zero attached hydrogens (tertiary/aromatic N) is 3. The zero-order chi connectivity index (χ0) is 21.8. The molecule has 0 amide bonds. The van der Waals surface area contributed by atoms with Gasteiger partial charge in [-0.25, -0.2) is 9.59 Å². The lowest BCUT2D eigenvalue weighted by Gasteiger charge is -2.27. The van der Waals surface area contributed by atoms with Gasteiger partial charge >= 0.3 is 11.7 Å². The van der Waals surface area contributed by atoms with E-state index in [4.69, 9.17) is 4.74 Å². The Morgan fingerprint density at radius 2 is 1.83 bits per heavy atom. The number of benzene rings is 1. The van der Waals surface area contributed by atoms with Crippen molar-refractivity contribution in [3.63, 3.8) is 0 Å². The normalized spacial score (nSPS) is 10.6. The fraction of sp³-hybridized carbons (Fsp3) is 0.238. The molecule has 2 heterocycles. The van der Waals surface area contributed by atoms with E-state index in [0.29, 0.717) is 24.1 Å². The number of hydrogen-bond acceptors (Lipinski definition) is 7. The van der Waals surface area contributed by atoms with Crippen LogP contribution in [0.3, 0.4) is 0 Å². The van der Waals surface area contributed by atoms with Gasteiger partial charge in [0.2, 0.25) is 0 Å². The number of rotatable bonds is 7. The molecule has 0 aliphatic carbocycles. The van der Waals surface area contributed by atoms with E-state index in [1.807, 2.05) is 17.5 Å². The smallest absolute Gasteiger partial charge is 0.338 e. The maximum Gasteiger partial charge on any atom is 0.338 e. The monoisotopic (exact) mass is 427 g/mol. The molecule has 0 saturated carbocycles. The minimum absolute atomic E-state index is 0.120. The summed E-state index contributed by atoms with van der Waals surface area (Å²) in [6, 6.07) is 10.4. The Bertz CT molecular complexity index is 1180. The van der Waals surface area contributed by atoms with Gasteiger partial charge in [0.15, 0.2) is 6.29 Å². The Balaban J connectivity index is 2.18. The van der Waals surface area contributed by atoms with Gasteiger partial charge in [0, 0.05) is 24.7 Å². The van der Waals surface area contributed by atoms with Crippen LogP contribution in [0, 0.1) is 0 Å². The molecule has 0 N–H and O–H groups in total. The fourth-order valence-electron chi connectivity index (χ4n) is 3.13. The van der Waals surface area contributed by atoms with Crippen molar-refractivity contribution in [1.82, 2.24) is 9.13 Å². The van der Waals surface area contributed by atoms with Gasteiger partial charge in [0.1, 0.15) is 11.4 Å². The highest BCUT2D eigenvalue weighted by Crippen LogP contribution is 2.29. The molecular formula is C21H21N3O5S. The van der Waals surface area contributed by atoms with Crippen molar-refractivity contribution in [2.75, 3.05) is 11.5 Å². The van der Waals surface area contributed by atoms with Gasteiger partial charge in [0.25, 0.3) is 5.56 Å². The predicted molar refractivity (Wildman–Crippen MR) is 115 cm³/mol. The van der Waals surface area contributed by atoms with Crippen LogP contribution in [0.4, 0.5) is 11.5 Å². The molecule has 3 rings (SSSR count). The van der Waals surface area contributed by atoms with Gasteiger partial charge < -0.3 is 9.64 Å². The van der Waals surface area contributed by atoms with Gasteiger partial charge in [-0.3, -0.25) is 18.7 Å². The first kappa shape index (κ1) is 21.3. The molecule has 9 heteroatoms. The number of aromatic nitrogens is 2. The summed E-state index contributed by atoms with van der Waals surface area (Å²) in [5.74, 6) is -0.251. The predicted octanol–water partition coefficient (Wildman–Crippen LogP) is 2.47. The number of anilines is 2. The molecule has 30 heavy (non-hydrogen) atoms. The van der Waals surface area contributed by atoms with Gasteiger partial charge in [-0.15, -0.1) is 11.3 Å². The SMILES string of the molecule is CCOC(=O)c1ccc(N(Cc2cccs2)c2c(C=O)c(=O)n(C)c(=O)n2C)cc1. The molecule has 0 aliphatic heterocycles. The van der Waals surface area contributed by atoms with Crippen LogP contribution in [0.15, 0.2) is 51.4 Å². The van der Waals surface area contributed by atoms with Crippen molar-refractivity contribution in [2.24, 2.45) is 14.1 Å². The minimum Gasteiger partial charge on any atom is -0.462 e. The second kappa shape index (κ2) is 8.91. The molecule has 2 aromatic heterocycles. The van der Waals surface area contributed by atoms with Crippen LogP contribution in [0.1, 0.15) is 32.5 Å². The van der Waals surface area contributed by atoms with Gasteiger partial charge in [-0.2, -0.15) is 0 Å². The molecule has 0 atom stereocenters. The van der Waals surface area contributed by atoms with E-state index in [1.165, 1.54) is 30.0 Å². The topological polar surface area (TPSA) is 90.6 Å². The molecule has 0 unspecified atom stereocenters. The van der Waals surface area contributed by atoms with Crippen LogP contribution in [0.2, 0.25) is 0 Å². The van der Waals surface area contributed by atoms with E-state index < -0.39 is 17.2 Å². The van der Waals surface area contributed by atoms with Crippen LogP contribution in [0.25, 0.3) is 0 Å². The van der Waals surface area contributed by atoms with E-state index in [2.05, 4.69) is 0 Å². The lowest BCUT2D eigenvalue weighted by atomic mass is 10.1. The number of carbonyl (C=O) groups is 2. The molecule has 0 fully saturated rings. The minimum atomic E-state index is -0.664. The first-order valence-corrected chi connectivity index (χ1v) is 10.1. The Hall–Kier alpha value is -3.46. The van der Waals surface area contributed by atoms with Crippen molar-refractivity contribution in [1.29, 1.82) is 0 Å². The van der Waals surface area contributed by atoms with E-state index in [9.17, 15) is 19.2 Å². The largest absolute Gasteiger partial charge is 0.462 e. The highest BCUT2D eigenvalue weighted by molar-refractivity contribution is 7.09. The number of hydrogen-bond donors (Lipinski definition) is 0. The quantitative estimate of drug-likeness (QED) is 0.425. The van der Waals surface area contributed by atoms with Crippen LogP contribution in [-0.4, -0.2) is 28.0 Å². The second-order valence-corrected chi connectivity index (χ2v) is 7.53. The maximum absolute atomic E-state index is 12.6. The average molecular weight is 427 g/mol. The first-order chi connectivity index (χ1) is 14.4. The standard InChI is InChI=1S/C21H21N3O5S/c1-4-29-20(27)14-7-9-15(10-8-14)24(12-16-6-5-11-30-16)18-17(13-25)19(26)23(3)21(28)22(18)2/h5-11,13H,4,12H2,1-3H3. The molecule has 8 nitrogen and oxygen atoms in total. The van der Waals surface area contributed by atoms with E-state index >= 15 is 0 Å². The third kappa shape index (κ3) is 3.97. The fourth-order valence-corrected chi connectivity index (χ4v) is 3.82. The highest BCUT2D eigenvalue weighted by atomic mass is 32.1. The summed E-state index contributed by atoms with van der Waals surface area (Å²) in [6.07, 6.45) is 0.464. The summed E-state index contributed by atoms with van der Waals surface area (Å²) in [6.45, 7) is 2.33. The van der Waals surface area contributed by atoms with Crippen LogP contribution >= 0.6 is 11.3 Å². The third-order valence-corrected chi connectivity index (χ3v) is 5.49. The number of thiophene rings is 1. The summed E-state index contributed by atoms with van der Waals surface area (Å²) in [5, 5.41) is 1.92. The second-order valence-electron chi connectivity index (χ2n) is 6.49. The summed E-state index contributed by atoms with van der Waals surface area (Å²) in [5.41, 5.74) is -0.332. The van der Waals surface area contributed by atoms with E-state index in [1.54, 1.807) is 36.1 Å². The van der Waals surface area contributed by atoms with Crippen molar-refractivity contribution >= 4 is 35.1 Å².